The van der Waals surface area contributed by atoms with E-state index < -0.39 is 0 Å². The van der Waals surface area contributed by atoms with Crippen LogP contribution in [0.15, 0.2) is 24.4 Å². The van der Waals surface area contributed by atoms with Crippen LogP contribution in [0.2, 0.25) is 0 Å². The molecule has 0 bridgehead atoms. The first-order valence-corrected chi connectivity index (χ1v) is 6.39. The molecule has 5 nitrogen and oxygen atoms in total. The smallest absolute Gasteiger partial charge is 0.213 e. The van der Waals surface area contributed by atoms with Gasteiger partial charge >= 0.3 is 0 Å². The number of aryl methyl sites for hydroxylation is 1. The summed E-state index contributed by atoms with van der Waals surface area (Å²) in [4.78, 5) is 13.1. The molecule has 2 aromatic rings. The van der Waals surface area contributed by atoms with Crippen molar-refractivity contribution in [3.8, 4) is 17.1 Å². The van der Waals surface area contributed by atoms with Crippen molar-refractivity contribution >= 4 is 5.82 Å². The Kier molecular flexibility index (Phi) is 4.28. The molecule has 0 aromatic carbocycles. The molecule has 5 heteroatoms. The summed E-state index contributed by atoms with van der Waals surface area (Å²) in [6, 6.07) is 5.73. The van der Waals surface area contributed by atoms with Gasteiger partial charge in [0.05, 0.1) is 12.8 Å². The third-order valence-electron chi connectivity index (χ3n) is 2.69. The quantitative estimate of drug-likeness (QED) is 0.893. The molecule has 0 fully saturated rings. The fraction of sp³-hybridized carbons (Fsp3) is 0.357. The lowest BCUT2D eigenvalue weighted by molar-refractivity contribution is 0.398. The lowest BCUT2D eigenvalue weighted by Gasteiger charge is -2.08. The zero-order valence-corrected chi connectivity index (χ0v) is 11.5. The molecule has 0 saturated heterocycles. The molecule has 0 amide bonds. The number of pyridine rings is 1. The van der Waals surface area contributed by atoms with E-state index in [0.29, 0.717) is 5.88 Å². The van der Waals surface area contributed by atoms with Crippen molar-refractivity contribution in [1.29, 1.82) is 0 Å². The van der Waals surface area contributed by atoms with Crippen LogP contribution in [-0.2, 0) is 6.42 Å². The molecule has 0 radical (unpaired) electrons. The van der Waals surface area contributed by atoms with Crippen molar-refractivity contribution in [2.24, 2.45) is 0 Å². The minimum Gasteiger partial charge on any atom is -0.481 e. The number of nitrogens with one attached hydrogen (secondary N) is 1. The molecule has 0 saturated carbocycles. The van der Waals surface area contributed by atoms with Gasteiger partial charge in [-0.25, -0.2) is 15.0 Å². The number of rotatable bonds is 5. The van der Waals surface area contributed by atoms with Gasteiger partial charge in [-0.2, -0.15) is 0 Å². The van der Waals surface area contributed by atoms with Gasteiger partial charge in [0.25, 0.3) is 0 Å². The van der Waals surface area contributed by atoms with Crippen molar-refractivity contribution < 1.29 is 4.74 Å². The number of methoxy groups -OCH3 is 1. The van der Waals surface area contributed by atoms with E-state index in [4.69, 9.17) is 4.74 Å². The van der Waals surface area contributed by atoms with Crippen molar-refractivity contribution in [3.05, 3.63) is 30.2 Å². The molecule has 0 spiro atoms. The highest BCUT2D eigenvalue weighted by Crippen LogP contribution is 2.22. The molecule has 0 aliphatic rings. The van der Waals surface area contributed by atoms with Crippen LogP contribution in [0.4, 0.5) is 5.82 Å². The van der Waals surface area contributed by atoms with Crippen molar-refractivity contribution in [3.63, 3.8) is 0 Å². The molecular weight excluding hydrogens is 240 g/mol. The first-order valence-electron chi connectivity index (χ1n) is 6.39. The van der Waals surface area contributed by atoms with Crippen LogP contribution < -0.4 is 10.1 Å². The molecule has 2 aromatic heterocycles. The van der Waals surface area contributed by atoms with Gasteiger partial charge in [0, 0.05) is 36.9 Å². The molecule has 0 atom stereocenters. The number of hydrogen-bond donors (Lipinski definition) is 1. The van der Waals surface area contributed by atoms with Crippen LogP contribution in [0, 0.1) is 0 Å². The summed E-state index contributed by atoms with van der Waals surface area (Å²) >= 11 is 0. The number of ether oxygens (including phenoxy) is 1. The summed E-state index contributed by atoms with van der Waals surface area (Å²) < 4.78 is 5.14. The second kappa shape index (κ2) is 6.13. The second-order valence-corrected chi connectivity index (χ2v) is 4.03. The van der Waals surface area contributed by atoms with Crippen molar-refractivity contribution in [1.82, 2.24) is 15.0 Å². The maximum Gasteiger partial charge on any atom is 0.213 e. The Bertz CT molecular complexity index is 557. The molecule has 0 aliphatic carbocycles. The van der Waals surface area contributed by atoms with Crippen LogP contribution in [0.1, 0.15) is 19.7 Å². The normalized spacial score (nSPS) is 10.3. The Balaban J connectivity index is 2.44. The average molecular weight is 258 g/mol. The number of hydrogen-bond acceptors (Lipinski definition) is 5. The third kappa shape index (κ3) is 3.19. The average Bonchev–Trinajstić information content (AvgIpc) is 2.47. The first kappa shape index (κ1) is 13.3. The van der Waals surface area contributed by atoms with Gasteiger partial charge in [-0.05, 0) is 13.0 Å². The van der Waals surface area contributed by atoms with Gasteiger partial charge in [0.15, 0.2) is 0 Å². The number of nitrogens with zero attached hydrogens (tertiary/aromatic N) is 3. The lowest BCUT2D eigenvalue weighted by Crippen LogP contribution is -2.04. The Hall–Kier alpha value is -2.17. The van der Waals surface area contributed by atoms with Gasteiger partial charge in [-0.15, -0.1) is 0 Å². The maximum absolute atomic E-state index is 5.14. The standard InChI is InChI=1S/C14H18N4O/c1-4-12-17-11(9-13(18-12)15-5-2)10-6-7-16-14(8-10)19-3/h6-9H,4-5H2,1-3H3,(H,15,17,18). The Labute approximate surface area is 113 Å². The summed E-state index contributed by atoms with van der Waals surface area (Å²) in [5.41, 5.74) is 1.85. The monoisotopic (exact) mass is 258 g/mol. The second-order valence-electron chi connectivity index (χ2n) is 4.03. The molecule has 0 aliphatic heterocycles. The molecule has 19 heavy (non-hydrogen) atoms. The summed E-state index contributed by atoms with van der Waals surface area (Å²) in [5.74, 6) is 2.25. The minimum absolute atomic E-state index is 0.583. The van der Waals surface area contributed by atoms with E-state index in [1.165, 1.54) is 0 Å². The molecular formula is C14H18N4O. The van der Waals surface area contributed by atoms with Crippen molar-refractivity contribution in [2.45, 2.75) is 20.3 Å². The van der Waals surface area contributed by atoms with E-state index in [0.717, 1.165) is 35.9 Å². The highest BCUT2D eigenvalue weighted by Gasteiger charge is 2.06. The summed E-state index contributed by atoms with van der Waals surface area (Å²) in [5, 5.41) is 3.22. The van der Waals surface area contributed by atoms with Gasteiger partial charge < -0.3 is 10.1 Å². The zero-order chi connectivity index (χ0) is 13.7. The Morgan fingerprint density at radius 1 is 1.21 bits per heavy atom. The summed E-state index contributed by atoms with van der Waals surface area (Å²) in [6.07, 6.45) is 2.52. The van der Waals surface area contributed by atoms with Gasteiger partial charge in [0.2, 0.25) is 5.88 Å². The van der Waals surface area contributed by atoms with Crippen LogP contribution in [0.25, 0.3) is 11.3 Å². The maximum atomic E-state index is 5.14. The van der Waals surface area contributed by atoms with Crippen LogP contribution in [0.3, 0.4) is 0 Å². The van der Waals surface area contributed by atoms with E-state index in [9.17, 15) is 0 Å². The lowest BCUT2D eigenvalue weighted by atomic mass is 10.2. The molecule has 2 heterocycles. The molecule has 100 valence electrons. The number of aromatic nitrogens is 3. The van der Waals surface area contributed by atoms with Crippen LogP contribution >= 0.6 is 0 Å². The van der Waals surface area contributed by atoms with Crippen LogP contribution in [0.5, 0.6) is 5.88 Å². The molecule has 2 rings (SSSR count). The largest absolute Gasteiger partial charge is 0.481 e. The zero-order valence-electron chi connectivity index (χ0n) is 11.5. The van der Waals surface area contributed by atoms with E-state index in [2.05, 4.69) is 20.3 Å². The fourth-order valence-electron chi connectivity index (χ4n) is 1.76. The van der Waals surface area contributed by atoms with Crippen molar-refractivity contribution in [2.75, 3.05) is 19.0 Å². The SMILES string of the molecule is CCNc1cc(-c2ccnc(OC)c2)nc(CC)n1. The highest BCUT2D eigenvalue weighted by atomic mass is 16.5. The third-order valence-corrected chi connectivity index (χ3v) is 2.69. The Morgan fingerprint density at radius 2 is 2.05 bits per heavy atom. The predicted molar refractivity (Wildman–Crippen MR) is 75.4 cm³/mol. The van der Waals surface area contributed by atoms with Gasteiger partial charge in [-0.1, -0.05) is 6.92 Å². The van der Waals surface area contributed by atoms with E-state index >= 15 is 0 Å². The summed E-state index contributed by atoms with van der Waals surface area (Å²) in [6.45, 7) is 4.92. The van der Waals surface area contributed by atoms with Crippen LogP contribution in [-0.4, -0.2) is 28.6 Å². The minimum atomic E-state index is 0.583. The topological polar surface area (TPSA) is 59.9 Å². The van der Waals surface area contributed by atoms with Gasteiger partial charge in [0.1, 0.15) is 11.6 Å². The van der Waals surface area contributed by atoms with E-state index in [-0.39, 0.29) is 0 Å². The predicted octanol–water partition coefficient (Wildman–Crippen LogP) is 2.54. The highest BCUT2D eigenvalue weighted by molar-refractivity contribution is 5.63. The first-order chi connectivity index (χ1) is 9.26. The summed E-state index contributed by atoms with van der Waals surface area (Å²) in [7, 11) is 1.60. The van der Waals surface area contributed by atoms with Gasteiger partial charge in [-0.3, -0.25) is 0 Å². The molecule has 0 unspecified atom stereocenters. The van der Waals surface area contributed by atoms with E-state index in [1.807, 2.05) is 32.0 Å². The molecule has 1 N–H and O–H groups in total. The Morgan fingerprint density at radius 3 is 2.74 bits per heavy atom. The fourth-order valence-corrected chi connectivity index (χ4v) is 1.76. The van der Waals surface area contributed by atoms with E-state index in [1.54, 1.807) is 13.3 Å². The number of anilines is 1.